The number of aryl methyl sites for hydroxylation is 1. The smallest absolute Gasteiger partial charge is 0.162 e. The van der Waals surface area contributed by atoms with Gasteiger partial charge < -0.3 is 5.11 Å². The van der Waals surface area contributed by atoms with E-state index in [1.165, 1.54) is 53.5 Å². The summed E-state index contributed by atoms with van der Waals surface area (Å²) >= 11 is 1.85. The van der Waals surface area contributed by atoms with Crippen molar-refractivity contribution in [3.8, 4) is 11.3 Å². The van der Waals surface area contributed by atoms with E-state index in [9.17, 15) is 9.90 Å². The molecule has 0 aliphatic rings. The third-order valence-electron chi connectivity index (χ3n) is 9.36. The molecule has 0 bridgehead atoms. The summed E-state index contributed by atoms with van der Waals surface area (Å²) in [6.45, 7) is 14.8. The molecule has 5 heteroatoms. The van der Waals surface area contributed by atoms with Gasteiger partial charge in [-0.25, -0.2) is 0 Å². The molecule has 0 saturated heterocycles. The fraction of sp³-hybridized carbons (Fsp3) is 0.333. The van der Waals surface area contributed by atoms with Gasteiger partial charge in [0.25, 0.3) is 0 Å². The van der Waals surface area contributed by atoms with Gasteiger partial charge in [0.05, 0.1) is 5.76 Å². The van der Waals surface area contributed by atoms with Crippen molar-refractivity contribution in [3.05, 3.63) is 102 Å². The SMILES string of the molecule is CCC(CC)C(=O)/C=C(\O)C(CC)CC.Cc1cccc2c1sc1c(-c3[c-]c4ccc5ccccc5c4c(C(C)C)c3)nccc12.[Ir]. The van der Waals surface area contributed by atoms with E-state index < -0.39 is 0 Å². The first kappa shape index (κ1) is 36.5. The van der Waals surface area contributed by atoms with Gasteiger partial charge in [-0.15, -0.1) is 40.5 Å². The molecule has 0 amide bonds. The molecule has 2 heterocycles. The van der Waals surface area contributed by atoms with Crippen LogP contribution in [0.1, 0.15) is 84.3 Å². The van der Waals surface area contributed by atoms with Gasteiger partial charge in [-0.1, -0.05) is 101 Å². The Hall–Kier alpha value is -3.37. The van der Waals surface area contributed by atoms with Gasteiger partial charge >= 0.3 is 0 Å². The molecule has 47 heavy (non-hydrogen) atoms. The number of pyridine rings is 1. The number of carbonyl (C=O) groups excluding carboxylic acids is 1. The van der Waals surface area contributed by atoms with Crippen LogP contribution in [0.5, 0.6) is 0 Å². The van der Waals surface area contributed by atoms with E-state index >= 15 is 0 Å². The van der Waals surface area contributed by atoms with Crippen molar-refractivity contribution in [1.82, 2.24) is 4.98 Å². The number of ketones is 1. The number of thiophene rings is 1. The van der Waals surface area contributed by atoms with Crippen molar-refractivity contribution in [2.75, 3.05) is 0 Å². The van der Waals surface area contributed by atoms with Crippen molar-refractivity contribution in [1.29, 1.82) is 0 Å². The minimum absolute atomic E-state index is 0. The van der Waals surface area contributed by atoms with Crippen LogP contribution in [-0.2, 0) is 24.9 Å². The van der Waals surface area contributed by atoms with Crippen molar-refractivity contribution in [2.45, 2.75) is 80.1 Å². The fourth-order valence-corrected chi connectivity index (χ4v) is 7.78. The van der Waals surface area contributed by atoms with E-state index in [0.29, 0.717) is 5.92 Å². The van der Waals surface area contributed by atoms with Crippen LogP contribution in [0.3, 0.4) is 0 Å². The van der Waals surface area contributed by atoms with Crippen LogP contribution in [0.25, 0.3) is 53.0 Å². The summed E-state index contributed by atoms with van der Waals surface area (Å²) in [6, 6.07) is 27.8. The molecule has 0 saturated carbocycles. The van der Waals surface area contributed by atoms with Crippen molar-refractivity contribution < 1.29 is 30.0 Å². The van der Waals surface area contributed by atoms with Crippen LogP contribution in [0.15, 0.2) is 84.8 Å². The average Bonchev–Trinajstić information content (AvgIpc) is 3.46. The van der Waals surface area contributed by atoms with Crippen molar-refractivity contribution in [2.24, 2.45) is 11.8 Å². The molecule has 0 spiro atoms. The number of aliphatic hydroxyl groups is 1. The van der Waals surface area contributed by atoms with Crippen molar-refractivity contribution >= 4 is 58.8 Å². The maximum absolute atomic E-state index is 11.7. The summed E-state index contributed by atoms with van der Waals surface area (Å²) in [5.41, 5.74) is 4.80. The molecule has 6 aromatic rings. The zero-order valence-electron chi connectivity index (χ0n) is 28.6. The quantitative estimate of drug-likeness (QED) is 0.0684. The van der Waals surface area contributed by atoms with Gasteiger partial charge in [0.2, 0.25) is 0 Å². The normalized spacial score (nSPS) is 11.9. The van der Waals surface area contributed by atoms with Crippen molar-refractivity contribution in [3.63, 3.8) is 0 Å². The van der Waals surface area contributed by atoms with E-state index in [0.717, 1.165) is 42.3 Å². The zero-order chi connectivity index (χ0) is 33.0. The van der Waals surface area contributed by atoms with Crippen LogP contribution in [-0.4, -0.2) is 15.9 Å². The van der Waals surface area contributed by atoms with Gasteiger partial charge in [-0.3, -0.25) is 9.78 Å². The Balaban J connectivity index is 0.000000269. The molecule has 1 radical (unpaired) electrons. The Labute approximate surface area is 297 Å². The average molecular weight is 821 g/mol. The summed E-state index contributed by atoms with van der Waals surface area (Å²) < 4.78 is 2.60. The molecule has 3 nitrogen and oxygen atoms in total. The number of aliphatic hydroxyl groups excluding tert-OH is 1. The van der Waals surface area contributed by atoms with Crippen LogP contribution < -0.4 is 0 Å². The Morgan fingerprint density at radius 1 is 0.851 bits per heavy atom. The van der Waals surface area contributed by atoms with Gasteiger partial charge in [-0.05, 0) is 66.3 Å². The molecule has 0 aliphatic carbocycles. The number of rotatable bonds is 9. The van der Waals surface area contributed by atoms with Gasteiger partial charge in [0.15, 0.2) is 5.78 Å². The number of allylic oxidation sites excluding steroid dienone is 2. The van der Waals surface area contributed by atoms with Gasteiger partial charge in [-0.2, -0.15) is 0 Å². The largest absolute Gasteiger partial charge is 0.512 e. The summed E-state index contributed by atoms with van der Waals surface area (Å²) in [4.78, 5) is 16.6. The number of hydrogen-bond donors (Lipinski definition) is 1. The fourth-order valence-electron chi connectivity index (χ4n) is 6.52. The van der Waals surface area contributed by atoms with Crippen LogP contribution >= 0.6 is 11.3 Å². The topological polar surface area (TPSA) is 50.2 Å². The minimum Gasteiger partial charge on any atom is -0.512 e. The molecule has 0 atom stereocenters. The third kappa shape index (κ3) is 7.54. The zero-order valence-corrected chi connectivity index (χ0v) is 31.8. The second-order valence-corrected chi connectivity index (χ2v) is 13.6. The Morgan fingerprint density at radius 2 is 1.51 bits per heavy atom. The molecule has 247 valence electrons. The molecule has 0 fully saturated rings. The molecule has 0 aliphatic heterocycles. The molecular weight excluding hydrogens is 775 g/mol. The predicted octanol–water partition coefficient (Wildman–Crippen LogP) is 12.5. The van der Waals surface area contributed by atoms with E-state index in [-0.39, 0.29) is 43.5 Å². The standard InChI is InChI=1S/C29H22NS.C13H24O2.Ir/c1-17(2)25-16-21(15-20-12-11-19-8-4-5-9-22(19)26(20)25)27-29-24(13-14-30-27)23-10-6-7-18(3)28(23)31-29;1-5-10(6-2)12(14)9-13(15)11(7-3)8-4;/h4-14,16-17H,1-3H3;9-11,14H,5-8H2,1-4H3;/q-1;;/b;12-9-;. The first-order chi connectivity index (χ1) is 22.2. The number of aromatic nitrogens is 1. The van der Waals surface area contributed by atoms with Gasteiger partial charge in [0.1, 0.15) is 0 Å². The molecule has 6 rings (SSSR count). The minimum atomic E-state index is 0. The second kappa shape index (κ2) is 16.2. The summed E-state index contributed by atoms with van der Waals surface area (Å²) in [6.07, 6.45) is 6.85. The van der Waals surface area contributed by atoms with Crippen LogP contribution in [0, 0.1) is 24.8 Å². The van der Waals surface area contributed by atoms with E-state index in [2.05, 4.69) is 93.6 Å². The number of benzene rings is 4. The second-order valence-electron chi connectivity index (χ2n) is 12.6. The number of carbonyl (C=O) groups is 1. The Kier molecular flexibility index (Phi) is 12.5. The number of hydrogen-bond acceptors (Lipinski definition) is 4. The molecular formula is C42H46IrNO2S-. The first-order valence-electron chi connectivity index (χ1n) is 16.8. The van der Waals surface area contributed by atoms with Gasteiger partial charge in [0, 0.05) is 64.7 Å². The van der Waals surface area contributed by atoms with Crippen LogP contribution in [0.2, 0.25) is 0 Å². The monoisotopic (exact) mass is 821 g/mol. The van der Waals surface area contributed by atoms with Crippen LogP contribution in [0.4, 0.5) is 0 Å². The van der Waals surface area contributed by atoms with E-state index in [4.69, 9.17) is 4.98 Å². The summed E-state index contributed by atoms with van der Waals surface area (Å²) in [5.74, 6) is 0.955. The third-order valence-corrected chi connectivity index (χ3v) is 10.7. The first-order valence-corrected chi connectivity index (χ1v) is 17.6. The Bertz CT molecular complexity index is 2030. The Morgan fingerprint density at radius 3 is 2.19 bits per heavy atom. The maximum atomic E-state index is 11.7. The summed E-state index contributed by atoms with van der Waals surface area (Å²) in [7, 11) is 0. The maximum Gasteiger partial charge on any atom is 0.162 e. The predicted molar refractivity (Wildman–Crippen MR) is 199 cm³/mol. The molecule has 2 aromatic heterocycles. The molecule has 1 N–H and O–H groups in total. The molecule has 4 aromatic carbocycles. The van der Waals surface area contributed by atoms with E-state index in [1.807, 2.05) is 45.2 Å². The van der Waals surface area contributed by atoms with E-state index in [1.54, 1.807) is 0 Å². The number of nitrogens with zero attached hydrogens (tertiary/aromatic N) is 1. The summed E-state index contributed by atoms with van der Waals surface area (Å²) in [5, 5.41) is 17.4. The number of fused-ring (bicyclic) bond motifs is 6. The molecule has 0 unspecified atom stereocenters.